The quantitative estimate of drug-likeness (QED) is 0.166. The van der Waals surface area contributed by atoms with Gasteiger partial charge in [0.05, 0.1) is 23.2 Å². The van der Waals surface area contributed by atoms with Crippen LogP contribution >= 0.6 is 11.8 Å². The van der Waals surface area contributed by atoms with Gasteiger partial charge in [0.1, 0.15) is 6.04 Å². The van der Waals surface area contributed by atoms with E-state index in [1.165, 1.54) is 0 Å². The standard InChI is InChI=1S/C33H47N3O5S/c1-6-10-11-12-23-41-31(40)27-26-29(38)36(21-13-22-37)28(33(26)19-18-32(27,5)42-33)30(39)35(20-7-2)25-16-14-24(15-17-25)34(8-3)9-4/h6-7,14-17,26-28,37H,1-2,8-13,18-23H2,3-5H3/t26-,27+,28?,32-,33?/m0/s1. The Morgan fingerprint density at radius 3 is 2.40 bits per heavy atom. The van der Waals surface area contributed by atoms with E-state index in [0.29, 0.717) is 26.0 Å². The molecule has 0 radical (unpaired) electrons. The Balaban J connectivity index is 1.67. The minimum Gasteiger partial charge on any atom is -0.465 e. The molecular formula is C33H47N3O5S. The van der Waals surface area contributed by atoms with E-state index in [9.17, 15) is 19.5 Å². The maximum Gasteiger partial charge on any atom is 0.311 e. The molecule has 5 atom stereocenters. The van der Waals surface area contributed by atoms with E-state index in [2.05, 4.69) is 38.8 Å². The minimum atomic E-state index is -0.749. The fourth-order valence-electron chi connectivity index (χ4n) is 7.23. The molecule has 2 bridgehead atoms. The number of thioether (sulfide) groups is 1. The van der Waals surface area contributed by atoms with Crippen LogP contribution in [0.4, 0.5) is 11.4 Å². The van der Waals surface area contributed by atoms with E-state index in [1.807, 2.05) is 30.3 Å². The number of anilines is 2. The number of allylic oxidation sites excluding steroid dienone is 1. The summed E-state index contributed by atoms with van der Waals surface area (Å²) in [5.41, 5.74) is 1.82. The molecule has 1 aromatic rings. The molecule has 2 amide bonds. The molecule has 9 heteroatoms. The monoisotopic (exact) mass is 597 g/mol. The summed E-state index contributed by atoms with van der Waals surface area (Å²) < 4.78 is 4.54. The Bertz CT molecular complexity index is 1150. The Labute approximate surface area is 255 Å². The molecule has 2 unspecified atom stereocenters. The van der Waals surface area contributed by atoms with Crippen LogP contribution in [0.1, 0.15) is 59.3 Å². The summed E-state index contributed by atoms with van der Waals surface area (Å²) >= 11 is 1.64. The lowest BCUT2D eigenvalue weighted by Gasteiger charge is -2.37. The number of esters is 1. The third-order valence-electron chi connectivity index (χ3n) is 9.24. The second-order valence-electron chi connectivity index (χ2n) is 11.7. The van der Waals surface area contributed by atoms with Gasteiger partial charge in [0.2, 0.25) is 5.91 Å². The lowest BCUT2D eigenvalue weighted by molar-refractivity contribution is -0.155. The van der Waals surface area contributed by atoms with Crippen LogP contribution in [0, 0.1) is 11.8 Å². The maximum atomic E-state index is 14.6. The molecule has 3 fully saturated rings. The first-order valence-electron chi connectivity index (χ1n) is 15.4. The van der Waals surface area contributed by atoms with Crippen molar-refractivity contribution in [2.45, 2.75) is 74.8 Å². The van der Waals surface area contributed by atoms with Gasteiger partial charge in [0.15, 0.2) is 0 Å². The van der Waals surface area contributed by atoms with Gasteiger partial charge >= 0.3 is 5.97 Å². The zero-order valence-electron chi connectivity index (χ0n) is 25.4. The second kappa shape index (κ2) is 13.7. The van der Waals surface area contributed by atoms with Gasteiger partial charge in [-0.15, -0.1) is 24.9 Å². The highest BCUT2D eigenvalue weighted by atomic mass is 32.2. The summed E-state index contributed by atoms with van der Waals surface area (Å²) in [6.07, 6.45) is 7.81. The molecule has 1 N–H and O–H groups in total. The van der Waals surface area contributed by atoms with Crippen LogP contribution in [0.3, 0.4) is 0 Å². The maximum absolute atomic E-state index is 14.6. The van der Waals surface area contributed by atoms with E-state index in [-0.39, 0.29) is 30.9 Å². The largest absolute Gasteiger partial charge is 0.465 e. The van der Waals surface area contributed by atoms with Gasteiger partial charge in [-0.1, -0.05) is 12.2 Å². The first-order valence-corrected chi connectivity index (χ1v) is 16.2. The number of nitrogens with zero attached hydrogens (tertiary/aromatic N) is 3. The summed E-state index contributed by atoms with van der Waals surface area (Å²) in [4.78, 5) is 48.0. The van der Waals surface area contributed by atoms with Gasteiger partial charge in [-0.2, -0.15) is 0 Å². The van der Waals surface area contributed by atoms with Crippen molar-refractivity contribution in [3.8, 4) is 0 Å². The Hall–Kier alpha value is -2.78. The molecule has 0 aromatic heterocycles. The van der Waals surface area contributed by atoms with Crippen LogP contribution in [-0.4, -0.2) is 82.7 Å². The van der Waals surface area contributed by atoms with Crippen molar-refractivity contribution < 1.29 is 24.2 Å². The number of likely N-dealkylation sites (tertiary alicyclic amines) is 1. The van der Waals surface area contributed by atoms with Gasteiger partial charge < -0.3 is 24.5 Å². The molecule has 42 heavy (non-hydrogen) atoms. The van der Waals surface area contributed by atoms with Gasteiger partial charge in [-0.3, -0.25) is 14.4 Å². The number of fused-ring (bicyclic) bond motifs is 1. The van der Waals surface area contributed by atoms with Gasteiger partial charge in [-0.05, 0) is 83.6 Å². The summed E-state index contributed by atoms with van der Waals surface area (Å²) in [5.74, 6) is -1.94. The first kappa shape index (κ1) is 32.1. The average molecular weight is 598 g/mol. The van der Waals surface area contributed by atoms with Crippen LogP contribution in [0.25, 0.3) is 0 Å². The highest BCUT2D eigenvalue weighted by Gasteiger charge is 2.77. The molecule has 1 aromatic carbocycles. The van der Waals surface area contributed by atoms with Crippen LogP contribution in [0.15, 0.2) is 49.6 Å². The van der Waals surface area contributed by atoms with Crippen LogP contribution < -0.4 is 9.80 Å². The zero-order chi connectivity index (χ0) is 30.5. The molecule has 3 aliphatic heterocycles. The number of unbranched alkanes of at least 4 members (excludes halogenated alkanes) is 2. The summed E-state index contributed by atoms with van der Waals surface area (Å²) in [5, 5.41) is 9.66. The Kier molecular flexibility index (Phi) is 10.5. The SMILES string of the molecule is C=CCCCCOC(=O)[C@H]1[C@H]2C(=O)N(CCCO)C(C(=O)N(CC=C)c3ccc(N(CC)CC)cc3)C23CC[C@]1(C)S3. The third kappa shape index (κ3) is 5.74. The van der Waals surface area contributed by atoms with E-state index in [4.69, 9.17) is 4.74 Å². The highest BCUT2D eigenvalue weighted by Crippen LogP contribution is 2.71. The van der Waals surface area contributed by atoms with E-state index in [0.717, 1.165) is 50.1 Å². The zero-order valence-corrected chi connectivity index (χ0v) is 26.2. The van der Waals surface area contributed by atoms with Crippen molar-refractivity contribution >= 4 is 40.9 Å². The Morgan fingerprint density at radius 1 is 1.10 bits per heavy atom. The number of amides is 2. The van der Waals surface area contributed by atoms with E-state index in [1.54, 1.807) is 27.6 Å². The Morgan fingerprint density at radius 2 is 1.79 bits per heavy atom. The smallest absolute Gasteiger partial charge is 0.311 e. The van der Waals surface area contributed by atoms with E-state index < -0.39 is 27.4 Å². The lowest BCUT2D eigenvalue weighted by atomic mass is 9.66. The van der Waals surface area contributed by atoms with Crippen molar-refractivity contribution in [3.05, 3.63) is 49.6 Å². The fraction of sp³-hybridized carbons (Fsp3) is 0.606. The molecule has 3 aliphatic rings. The molecular weight excluding hydrogens is 550 g/mol. The number of carbonyl (C=O) groups is 3. The molecule has 0 saturated carbocycles. The number of aliphatic hydroxyl groups is 1. The number of ether oxygens (including phenoxy) is 1. The van der Waals surface area contributed by atoms with Gasteiger partial charge in [0, 0.05) is 48.9 Å². The van der Waals surface area contributed by atoms with E-state index >= 15 is 0 Å². The number of benzene rings is 1. The van der Waals surface area contributed by atoms with Crippen molar-refractivity contribution in [2.75, 3.05) is 49.2 Å². The topological polar surface area (TPSA) is 90.4 Å². The molecule has 3 heterocycles. The molecule has 3 saturated heterocycles. The van der Waals surface area contributed by atoms with Crippen LogP contribution in [-0.2, 0) is 19.1 Å². The predicted octanol–water partition coefficient (Wildman–Crippen LogP) is 4.82. The number of carbonyl (C=O) groups excluding carboxylic acids is 3. The summed E-state index contributed by atoms with van der Waals surface area (Å²) in [7, 11) is 0. The lowest BCUT2D eigenvalue weighted by Crippen LogP contribution is -2.55. The van der Waals surface area contributed by atoms with Crippen molar-refractivity contribution in [2.24, 2.45) is 11.8 Å². The molecule has 0 aliphatic carbocycles. The van der Waals surface area contributed by atoms with Crippen LogP contribution in [0.5, 0.6) is 0 Å². The van der Waals surface area contributed by atoms with Crippen LogP contribution in [0.2, 0.25) is 0 Å². The predicted molar refractivity (Wildman–Crippen MR) is 170 cm³/mol. The average Bonchev–Trinajstić information content (AvgIpc) is 3.55. The molecule has 230 valence electrons. The number of hydrogen-bond donors (Lipinski definition) is 1. The second-order valence-corrected chi connectivity index (χ2v) is 13.6. The first-order chi connectivity index (χ1) is 20.2. The molecule has 8 nitrogen and oxygen atoms in total. The summed E-state index contributed by atoms with van der Waals surface area (Å²) in [6, 6.07) is 7.20. The molecule has 1 spiro atoms. The number of hydrogen-bond acceptors (Lipinski definition) is 7. The fourth-order valence-corrected chi connectivity index (χ4v) is 9.57. The van der Waals surface area contributed by atoms with Crippen molar-refractivity contribution in [3.63, 3.8) is 0 Å². The molecule has 4 rings (SSSR count). The summed E-state index contributed by atoms with van der Waals surface area (Å²) in [6.45, 7) is 16.5. The number of aliphatic hydroxyl groups excluding tert-OH is 1. The normalized spacial score (nSPS) is 27.6. The number of rotatable bonds is 16. The third-order valence-corrected chi connectivity index (χ3v) is 11.2. The highest BCUT2D eigenvalue weighted by molar-refractivity contribution is 8.02. The van der Waals surface area contributed by atoms with Gasteiger partial charge in [-0.25, -0.2) is 0 Å². The van der Waals surface area contributed by atoms with Crippen molar-refractivity contribution in [1.82, 2.24) is 4.90 Å². The minimum absolute atomic E-state index is 0.0907. The van der Waals surface area contributed by atoms with Gasteiger partial charge in [0.25, 0.3) is 5.91 Å². The van der Waals surface area contributed by atoms with Crippen molar-refractivity contribution in [1.29, 1.82) is 0 Å².